The van der Waals surface area contributed by atoms with E-state index in [2.05, 4.69) is 6.92 Å². The van der Waals surface area contributed by atoms with E-state index in [-0.39, 0.29) is 11.4 Å². The van der Waals surface area contributed by atoms with Crippen LogP contribution in [-0.4, -0.2) is 30.4 Å². The van der Waals surface area contributed by atoms with Crippen LogP contribution >= 0.6 is 11.3 Å². The van der Waals surface area contributed by atoms with Gasteiger partial charge in [0.15, 0.2) is 0 Å². The molecule has 2 aromatic rings. The van der Waals surface area contributed by atoms with Crippen molar-refractivity contribution in [3.8, 4) is 0 Å². The maximum absolute atomic E-state index is 13.2. The SMILES string of the molecule is CCCCc1ccc(S(=O)(=O)N2Cc3cc(C(=O)NO)sc3C(C)(C)C2)cc1. The summed E-state index contributed by atoms with van der Waals surface area (Å²) < 4.78 is 27.9. The number of hydroxylamine groups is 1. The van der Waals surface area contributed by atoms with Gasteiger partial charge in [0.05, 0.1) is 9.77 Å². The number of unbranched alkanes of at least 4 members (excludes halogenated alkanes) is 1. The fourth-order valence-electron chi connectivity index (χ4n) is 3.57. The second kappa shape index (κ2) is 7.94. The quantitative estimate of drug-likeness (QED) is 0.549. The molecule has 1 aromatic carbocycles. The Bertz CT molecular complexity index is 963. The van der Waals surface area contributed by atoms with Crippen molar-refractivity contribution in [2.75, 3.05) is 6.54 Å². The Kier molecular flexibility index (Phi) is 5.95. The molecule has 1 aliphatic rings. The van der Waals surface area contributed by atoms with Crippen molar-refractivity contribution < 1.29 is 18.4 Å². The molecule has 0 atom stereocenters. The van der Waals surface area contributed by atoms with Crippen LogP contribution in [0.5, 0.6) is 0 Å². The summed E-state index contributed by atoms with van der Waals surface area (Å²) in [5, 5.41) is 8.89. The molecule has 8 heteroatoms. The highest BCUT2D eigenvalue weighted by Crippen LogP contribution is 2.40. The molecule has 0 saturated carbocycles. The van der Waals surface area contributed by atoms with Gasteiger partial charge in [-0.25, -0.2) is 13.9 Å². The lowest BCUT2D eigenvalue weighted by Gasteiger charge is -2.37. The molecule has 0 bridgehead atoms. The van der Waals surface area contributed by atoms with Crippen LogP contribution in [0.2, 0.25) is 0 Å². The number of hydrogen-bond donors (Lipinski definition) is 2. The molecule has 2 heterocycles. The first kappa shape index (κ1) is 21.0. The zero-order chi connectivity index (χ0) is 20.5. The van der Waals surface area contributed by atoms with Gasteiger partial charge in [0.2, 0.25) is 10.0 Å². The molecule has 0 spiro atoms. The fourth-order valence-corrected chi connectivity index (χ4v) is 6.31. The predicted octanol–water partition coefficient (Wildman–Crippen LogP) is 3.69. The average Bonchev–Trinajstić information content (AvgIpc) is 3.11. The molecule has 0 unspecified atom stereocenters. The second-order valence-corrected chi connectivity index (χ2v) is 10.8. The van der Waals surface area contributed by atoms with Crippen LogP contribution in [0.15, 0.2) is 35.2 Å². The molecule has 1 amide bonds. The van der Waals surface area contributed by atoms with Gasteiger partial charge < -0.3 is 0 Å². The molecular weight excluding hydrogens is 396 g/mol. The first-order chi connectivity index (χ1) is 13.2. The van der Waals surface area contributed by atoms with Crippen molar-refractivity contribution in [3.63, 3.8) is 0 Å². The predicted molar refractivity (Wildman–Crippen MR) is 109 cm³/mol. The third-order valence-corrected chi connectivity index (χ3v) is 8.40. The number of fused-ring (bicyclic) bond motifs is 1. The Hall–Kier alpha value is -1.74. The van der Waals surface area contributed by atoms with Gasteiger partial charge in [-0.2, -0.15) is 4.31 Å². The van der Waals surface area contributed by atoms with Crippen molar-refractivity contribution >= 4 is 27.3 Å². The van der Waals surface area contributed by atoms with Gasteiger partial charge in [-0.05, 0) is 42.2 Å². The fraction of sp³-hybridized carbons (Fsp3) is 0.450. The molecule has 3 rings (SSSR count). The van der Waals surface area contributed by atoms with Gasteiger partial charge in [0, 0.05) is 23.4 Å². The van der Waals surface area contributed by atoms with Crippen LogP contribution < -0.4 is 5.48 Å². The first-order valence-electron chi connectivity index (χ1n) is 9.35. The number of amides is 1. The number of sulfonamides is 1. The number of carbonyl (C=O) groups is 1. The van der Waals surface area contributed by atoms with E-state index in [1.165, 1.54) is 15.6 Å². The van der Waals surface area contributed by atoms with E-state index in [0.717, 1.165) is 35.3 Å². The van der Waals surface area contributed by atoms with Crippen LogP contribution in [0.1, 0.15) is 59.3 Å². The summed E-state index contributed by atoms with van der Waals surface area (Å²) in [5.74, 6) is -0.577. The number of nitrogens with zero attached hydrogens (tertiary/aromatic N) is 1. The number of nitrogens with one attached hydrogen (secondary N) is 1. The lowest BCUT2D eigenvalue weighted by atomic mass is 9.86. The summed E-state index contributed by atoms with van der Waals surface area (Å²) in [6.45, 7) is 6.62. The summed E-state index contributed by atoms with van der Waals surface area (Å²) in [6.07, 6.45) is 3.13. The molecule has 152 valence electrons. The zero-order valence-electron chi connectivity index (χ0n) is 16.4. The van der Waals surface area contributed by atoms with E-state index < -0.39 is 21.3 Å². The molecule has 0 radical (unpaired) electrons. The third kappa shape index (κ3) is 4.00. The monoisotopic (exact) mass is 422 g/mol. The molecule has 1 aliphatic heterocycles. The van der Waals surface area contributed by atoms with Crippen LogP contribution in [0, 0.1) is 0 Å². The lowest BCUT2D eigenvalue weighted by molar-refractivity contribution is 0.0711. The lowest BCUT2D eigenvalue weighted by Crippen LogP contribution is -2.44. The van der Waals surface area contributed by atoms with Gasteiger partial charge in [-0.1, -0.05) is 39.3 Å². The smallest absolute Gasteiger partial charge is 0.284 e. The largest absolute Gasteiger partial charge is 0.288 e. The minimum atomic E-state index is -3.64. The number of aryl methyl sites for hydroxylation is 1. The van der Waals surface area contributed by atoms with Gasteiger partial charge in [0.25, 0.3) is 5.91 Å². The zero-order valence-corrected chi connectivity index (χ0v) is 18.0. The summed E-state index contributed by atoms with van der Waals surface area (Å²) >= 11 is 1.30. The van der Waals surface area contributed by atoms with Crippen LogP contribution in [0.3, 0.4) is 0 Å². The number of thiophene rings is 1. The van der Waals surface area contributed by atoms with E-state index >= 15 is 0 Å². The minimum Gasteiger partial charge on any atom is -0.288 e. The maximum atomic E-state index is 13.2. The molecule has 0 fully saturated rings. The molecule has 0 saturated heterocycles. The Morgan fingerprint density at radius 3 is 2.57 bits per heavy atom. The average molecular weight is 423 g/mol. The van der Waals surface area contributed by atoms with Crippen molar-refractivity contribution in [3.05, 3.63) is 51.2 Å². The molecular formula is C20H26N2O4S2. The number of benzene rings is 1. The van der Waals surface area contributed by atoms with E-state index in [9.17, 15) is 13.2 Å². The van der Waals surface area contributed by atoms with Gasteiger partial charge in [-0.15, -0.1) is 11.3 Å². The molecule has 2 N–H and O–H groups in total. The topological polar surface area (TPSA) is 86.7 Å². The van der Waals surface area contributed by atoms with E-state index in [1.807, 2.05) is 26.0 Å². The van der Waals surface area contributed by atoms with Gasteiger partial charge in [0.1, 0.15) is 0 Å². The Balaban J connectivity index is 1.89. The summed E-state index contributed by atoms with van der Waals surface area (Å²) in [7, 11) is -3.64. The van der Waals surface area contributed by atoms with Crippen LogP contribution in [-0.2, 0) is 28.4 Å². The second-order valence-electron chi connectivity index (χ2n) is 7.81. The summed E-state index contributed by atoms with van der Waals surface area (Å²) in [4.78, 5) is 13.4. The molecule has 1 aromatic heterocycles. The highest BCUT2D eigenvalue weighted by Gasteiger charge is 2.39. The Morgan fingerprint density at radius 1 is 1.29 bits per heavy atom. The summed E-state index contributed by atoms with van der Waals surface area (Å²) in [5.41, 5.74) is 3.16. The van der Waals surface area contributed by atoms with Gasteiger partial charge in [-0.3, -0.25) is 10.0 Å². The minimum absolute atomic E-state index is 0.216. The van der Waals surface area contributed by atoms with Crippen LogP contribution in [0.4, 0.5) is 0 Å². The third-order valence-electron chi connectivity index (χ3n) is 5.05. The van der Waals surface area contributed by atoms with Crippen LogP contribution in [0.25, 0.3) is 0 Å². The number of rotatable bonds is 6. The van der Waals surface area contributed by atoms with Crippen molar-refractivity contribution in [1.29, 1.82) is 0 Å². The Labute approximate surface area is 170 Å². The number of hydrogen-bond acceptors (Lipinski definition) is 5. The van der Waals surface area contributed by atoms with Crippen molar-refractivity contribution in [2.45, 2.75) is 56.9 Å². The highest BCUT2D eigenvalue weighted by molar-refractivity contribution is 7.89. The number of carbonyl (C=O) groups excluding carboxylic acids is 1. The first-order valence-corrected chi connectivity index (χ1v) is 11.6. The standard InChI is InChI=1S/C20H26N2O4S2/c1-4-5-6-14-7-9-16(10-8-14)28(25,26)22-12-15-11-17(19(23)21-24)27-18(15)20(2,3)13-22/h7-11,24H,4-6,12-13H2,1-3H3,(H,21,23). The molecule has 28 heavy (non-hydrogen) atoms. The molecule has 0 aliphatic carbocycles. The van der Waals surface area contributed by atoms with E-state index in [0.29, 0.717) is 11.4 Å². The maximum Gasteiger partial charge on any atom is 0.284 e. The van der Waals surface area contributed by atoms with E-state index in [4.69, 9.17) is 5.21 Å². The van der Waals surface area contributed by atoms with Crippen molar-refractivity contribution in [1.82, 2.24) is 9.79 Å². The highest BCUT2D eigenvalue weighted by atomic mass is 32.2. The van der Waals surface area contributed by atoms with Gasteiger partial charge >= 0.3 is 0 Å². The normalized spacial score (nSPS) is 16.6. The Morgan fingerprint density at radius 2 is 1.96 bits per heavy atom. The summed E-state index contributed by atoms with van der Waals surface area (Å²) in [6, 6.07) is 8.81. The molecule has 6 nitrogen and oxygen atoms in total. The van der Waals surface area contributed by atoms with E-state index in [1.54, 1.807) is 23.7 Å². The van der Waals surface area contributed by atoms with Crippen molar-refractivity contribution in [2.24, 2.45) is 0 Å².